The van der Waals surface area contributed by atoms with E-state index in [1.807, 2.05) is 6.08 Å². The van der Waals surface area contributed by atoms with E-state index >= 15 is 0 Å². The van der Waals surface area contributed by atoms with Crippen LogP contribution in [0.1, 0.15) is 277 Å². The summed E-state index contributed by atoms with van der Waals surface area (Å²) in [7, 11) is 0. The van der Waals surface area contributed by atoms with Crippen molar-refractivity contribution in [2.75, 3.05) is 13.2 Å². The van der Waals surface area contributed by atoms with Crippen LogP contribution in [0.3, 0.4) is 0 Å². The van der Waals surface area contributed by atoms with Crippen molar-refractivity contribution in [3.63, 3.8) is 0 Å². The maximum absolute atomic E-state index is 13.0. The molecule has 64 heavy (non-hydrogen) atoms. The molecule has 1 heterocycles. The molecule has 1 aliphatic rings. The molecule has 1 saturated heterocycles. The average molecular weight is 910 g/mol. The number of unbranched alkanes of at least 4 members (excludes halogenated alkanes) is 38. The first-order valence-electron chi connectivity index (χ1n) is 27.9. The Balaban J connectivity index is 2.22. The van der Waals surface area contributed by atoms with Gasteiger partial charge in [0.1, 0.15) is 24.4 Å². The minimum Gasteiger partial charge on any atom is -0.394 e. The minimum absolute atomic E-state index is 0.170. The summed E-state index contributed by atoms with van der Waals surface area (Å²) in [5.74, 6) is -0.170. The molecule has 1 rings (SSSR count). The molecule has 0 spiro atoms. The van der Waals surface area contributed by atoms with Gasteiger partial charge >= 0.3 is 0 Å². The van der Waals surface area contributed by atoms with Gasteiger partial charge in [0.2, 0.25) is 5.91 Å². The van der Waals surface area contributed by atoms with Gasteiger partial charge in [0.05, 0.1) is 25.4 Å². The summed E-state index contributed by atoms with van der Waals surface area (Å²) in [6.07, 6.45) is 48.4. The van der Waals surface area contributed by atoms with E-state index in [9.17, 15) is 30.3 Å². The molecule has 0 saturated carbocycles. The quantitative estimate of drug-likeness (QED) is 0.0261. The van der Waals surface area contributed by atoms with Gasteiger partial charge in [-0.1, -0.05) is 264 Å². The SMILES string of the molecule is CCCCCCCCCCCCCCCCC/C=C/C(O)C(COC1OC(CO)C(O)C(O)C1O)NC(=O)CCCCCCCCCCCCCCCCCCCCCCCCCC. The molecule has 0 aliphatic carbocycles. The Morgan fingerprint density at radius 2 is 0.859 bits per heavy atom. The molecule has 7 atom stereocenters. The van der Waals surface area contributed by atoms with Crippen molar-refractivity contribution in [2.24, 2.45) is 0 Å². The molecule has 9 heteroatoms. The van der Waals surface area contributed by atoms with Gasteiger partial charge in [0.25, 0.3) is 0 Å². The molecule has 0 aromatic carbocycles. The smallest absolute Gasteiger partial charge is 0.220 e. The summed E-state index contributed by atoms with van der Waals surface area (Å²) in [4.78, 5) is 13.0. The molecule has 380 valence electrons. The summed E-state index contributed by atoms with van der Waals surface area (Å²) in [5, 5.41) is 54.4. The number of hydrogen-bond acceptors (Lipinski definition) is 8. The maximum atomic E-state index is 13.0. The largest absolute Gasteiger partial charge is 0.394 e. The predicted octanol–water partition coefficient (Wildman–Crippen LogP) is 13.2. The predicted molar refractivity (Wildman–Crippen MR) is 267 cm³/mol. The Morgan fingerprint density at radius 1 is 0.516 bits per heavy atom. The standard InChI is InChI=1S/C55H107NO8/c1-3-5-7-9-11-13-15-17-19-21-22-23-24-25-26-27-29-31-33-35-37-39-41-43-45-51(59)56-48(47-63-55-54(62)53(61)52(60)50(46-57)64-55)49(58)44-42-40-38-36-34-32-30-28-20-18-16-14-12-10-8-6-4-2/h42,44,48-50,52-55,57-58,60-62H,3-41,43,45-47H2,1-2H3,(H,56,59)/b44-42+. The molecule has 0 bridgehead atoms. The van der Waals surface area contributed by atoms with Gasteiger partial charge in [0.15, 0.2) is 6.29 Å². The monoisotopic (exact) mass is 910 g/mol. The van der Waals surface area contributed by atoms with E-state index < -0.39 is 49.5 Å². The third kappa shape index (κ3) is 35.1. The molecule has 7 unspecified atom stereocenters. The van der Waals surface area contributed by atoms with Gasteiger partial charge in [-0.3, -0.25) is 4.79 Å². The number of amides is 1. The van der Waals surface area contributed by atoms with E-state index in [4.69, 9.17) is 9.47 Å². The Labute approximate surface area is 395 Å². The second-order valence-electron chi connectivity index (χ2n) is 19.7. The Bertz CT molecular complexity index is 1010. The molecule has 0 radical (unpaired) electrons. The summed E-state index contributed by atoms with van der Waals surface area (Å²) in [6, 6.07) is -0.799. The molecular formula is C55H107NO8. The summed E-state index contributed by atoms with van der Waals surface area (Å²) in [5.41, 5.74) is 0. The van der Waals surface area contributed by atoms with Crippen molar-refractivity contribution < 1.29 is 39.8 Å². The molecule has 1 fully saturated rings. The maximum Gasteiger partial charge on any atom is 0.220 e. The topological polar surface area (TPSA) is 149 Å². The molecule has 1 amide bonds. The van der Waals surface area contributed by atoms with E-state index in [0.717, 1.165) is 38.5 Å². The van der Waals surface area contributed by atoms with E-state index in [2.05, 4.69) is 19.2 Å². The number of nitrogens with one attached hydrogen (secondary N) is 1. The van der Waals surface area contributed by atoms with Crippen LogP contribution < -0.4 is 5.32 Å². The lowest BCUT2D eigenvalue weighted by Crippen LogP contribution is -2.60. The number of carbonyl (C=O) groups is 1. The Morgan fingerprint density at radius 3 is 1.22 bits per heavy atom. The van der Waals surface area contributed by atoms with E-state index in [1.165, 1.54) is 218 Å². The Hall–Kier alpha value is -1.07. The van der Waals surface area contributed by atoms with Crippen molar-refractivity contribution in [1.29, 1.82) is 0 Å². The first-order chi connectivity index (χ1) is 31.3. The highest BCUT2D eigenvalue weighted by molar-refractivity contribution is 5.76. The highest BCUT2D eigenvalue weighted by Crippen LogP contribution is 2.23. The number of ether oxygens (including phenoxy) is 2. The van der Waals surface area contributed by atoms with E-state index in [1.54, 1.807) is 6.08 Å². The number of aliphatic hydroxyl groups is 5. The van der Waals surface area contributed by atoms with Crippen LogP contribution in [0.15, 0.2) is 12.2 Å². The van der Waals surface area contributed by atoms with Gasteiger partial charge in [-0.15, -0.1) is 0 Å². The van der Waals surface area contributed by atoms with Crippen LogP contribution >= 0.6 is 0 Å². The lowest BCUT2D eigenvalue weighted by molar-refractivity contribution is -0.302. The minimum atomic E-state index is -1.56. The highest BCUT2D eigenvalue weighted by Gasteiger charge is 2.44. The van der Waals surface area contributed by atoms with Crippen LogP contribution in [0.25, 0.3) is 0 Å². The fourth-order valence-electron chi connectivity index (χ4n) is 9.16. The third-order valence-corrected chi connectivity index (χ3v) is 13.6. The average Bonchev–Trinajstić information content (AvgIpc) is 3.29. The fraction of sp³-hybridized carbons (Fsp3) is 0.945. The van der Waals surface area contributed by atoms with Gasteiger partial charge in [-0.2, -0.15) is 0 Å². The molecule has 6 N–H and O–H groups in total. The summed E-state index contributed by atoms with van der Waals surface area (Å²) in [6.45, 7) is 3.81. The second-order valence-corrected chi connectivity index (χ2v) is 19.7. The molecule has 9 nitrogen and oxygen atoms in total. The zero-order valence-electron chi connectivity index (χ0n) is 42.1. The van der Waals surface area contributed by atoms with Crippen LogP contribution in [0.2, 0.25) is 0 Å². The lowest BCUT2D eigenvalue weighted by atomic mass is 9.99. The number of hydrogen-bond donors (Lipinski definition) is 6. The normalized spacial score (nSPS) is 20.0. The molecule has 0 aromatic heterocycles. The van der Waals surface area contributed by atoms with Crippen molar-refractivity contribution in [3.05, 3.63) is 12.2 Å². The fourth-order valence-corrected chi connectivity index (χ4v) is 9.16. The molecular weight excluding hydrogens is 803 g/mol. The van der Waals surface area contributed by atoms with Gasteiger partial charge < -0.3 is 40.3 Å². The van der Waals surface area contributed by atoms with E-state index in [0.29, 0.717) is 6.42 Å². The van der Waals surface area contributed by atoms with Gasteiger partial charge in [-0.25, -0.2) is 0 Å². The first kappa shape index (κ1) is 60.9. The second kappa shape index (κ2) is 45.7. The van der Waals surface area contributed by atoms with Crippen LogP contribution in [0.4, 0.5) is 0 Å². The van der Waals surface area contributed by atoms with Crippen LogP contribution in [-0.4, -0.2) is 87.5 Å². The number of allylic oxidation sites excluding steroid dienone is 1. The third-order valence-electron chi connectivity index (χ3n) is 13.6. The van der Waals surface area contributed by atoms with Crippen molar-refractivity contribution >= 4 is 5.91 Å². The summed E-state index contributed by atoms with van der Waals surface area (Å²) >= 11 is 0. The van der Waals surface area contributed by atoms with Gasteiger partial charge in [-0.05, 0) is 19.3 Å². The van der Waals surface area contributed by atoms with Crippen molar-refractivity contribution in [1.82, 2.24) is 5.32 Å². The Kier molecular flexibility index (Phi) is 43.5. The number of aliphatic hydroxyl groups excluding tert-OH is 5. The van der Waals surface area contributed by atoms with Crippen LogP contribution in [0.5, 0.6) is 0 Å². The van der Waals surface area contributed by atoms with Crippen molar-refractivity contribution in [2.45, 2.75) is 320 Å². The highest BCUT2D eigenvalue weighted by atomic mass is 16.7. The molecule has 1 aliphatic heterocycles. The van der Waals surface area contributed by atoms with Crippen molar-refractivity contribution in [3.8, 4) is 0 Å². The first-order valence-corrected chi connectivity index (χ1v) is 27.9. The zero-order valence-corrected chi connectivity index (χ0v) is 42.1. The summed E-state index contributed by atoms with van der Waals surface area (Å²) < 4.78 is 11.3. The lowest BCUT2D eigenvalue weighted by Gasteiger charge is -2.40. The van der Waals surface area contributed by atoms with Crippen LogP contribution in [-0.2, 0) is 14.3 Å². The van der Waals surface area contributed by atoms with Gasteiger partial charge in [0, 0.05) is 6.42 Å². The zero-order chi connectivity index (χ0) is 46.6. The number of carbonyl (C=O) groups excluding carboxylic acids is 1. The van der Waals surface area contributed by atoms with Crippen LogP contribution in [0, 0.1) is 0 Å². The van der Waals surface area contributed by atoms with E-state index in [-0.39, 0.29) is 12.5 Å². The molecule has 0 aromatic rings. The number of rotatable bonds is 48.